The van der Waals surface area contributed by atoms with Crippen molar-refractivity contribution in [2.45, 2.75) is 17.8 Å². The first kappa shape index (κ1) is 16.0. The molecule has 1 aromatic carbocycles. The number of aromatic nitrogens is 5. The predicted octanol–water partition coefficient (Wildman–Crippen LogP) is 4.19. The molecule has 126 valence electrons. The molecule has 0 N–H and O–H groups in total. The molecule has 0 spiro atoms. The zero-order valence-electron chi connectivity index (χ0n) is 13.7. The van der Waals surface area contributed by atoms with Crippen molar-refractivity contribution in [1.82, 2.24) is 25.0 Å². The highest BCUT2D eigenvalue weighted by Crippen LogP contribution is 2.28. The van der Waals surface area contributed by atoms with Gasteiger partial charge >= 0.3 is 0 Å². The maximum atomic E-state index is 5.71. The molecule has 0 fully saturated rings. The van der Waals surface area contributed by atoms with E-state index >= 15 is 0 Å². The largest absolute Gasteiger partial charge is 0.419 e. The van der Waals surface area contributed by atoms with Gasteiger partial charge in [0.1, 0.15) is 0 Å². The molecule has 3 heterocycles. The number of thiophene rings is 1. The van der Waals surface area contributed by atoms with Crippen LogP contribution in [0.15, 0.2) is 51.4 Å². The monoisotopic (exact) mass is 369 g/mol. The highest BCUT2D eigenvalue weighted by molar-refractivity contribution is 7.98. The Morgan fingerprint density at radius 3 is 2.76 bits per heavy atom. The first-order chi connectivity index (χ1) is 12.2. The van der Waals surface area contributed by atoms with Crippen LogP contribution in [0.4, 0.5) is 0 Å². The smallest absolute Gasteiger partial charge is 0.257 e. The van der Waals surface area contributed by atoms with E-state index in [4.69, 9.17) is 4.42 Å². The van der Waals surface area contributed by atoms with Crippen LogP contribution in [0.1, 0.15) is 11.5 Å². The van der Waals surface area contributed by atoms with E-state index in [1.54, 1.807) is 11.3 Å². The second kappa shape index (κ2) is 6.81. The lowest BCUT2D eigenvalue weighted by atomic mass is 10.1. The molecule has 0 atom stereocenters. The molecule has 4 aromatic rings. The van der Waals surface area contributed by atoms with Gasteiger partial charge in [0.25, 0.3) is 5.89 Å². The Kier molecular flexibility index (Phi) is 4.37. The van der Waals surface area contributed by atoms with Crippen LogP contribution in [-0.4, -0.2) is 25.0 Å². The van der Waals surface area contributed by atoms with Gasteiger partial charge in [-0.05, 0) is 23.9 Å². The van der Waals surface area contributed by atoms with Gasteiger partial charge < -0.3 is 8.98 Å². The van der Waals surface area contributed by atoms with Crippen molar-refractivity contribution in [3.63, 3.8) is 0 Å². The Hall–Kier alpha value is -2.45. The summed E-state index contributed by atoms with van der Waals surface area (Å²) < 4.78 is 7.70. The zero-order valence-corrected chi connectivity index (χ0v) is 15.3. The van der Waals surface area contributed by atoms with E-state index in [-0.39, 0.29) is 0 Å². The van der Waals surface area contributed by atoms with Gasteiger partial charge in [0, 0.05) is 12.6 Å². The number of nitrogens with zero attached hydrogens (tertiary/aromatic N) is 5. The lowest BCUT2D eigenvalue weighted by molar-refractivity contribution is 0.529. The normalized spacial score (nSPS) is 11.1. The number of hydrogen-bond acceptors (Lipinski definition) is 7. The average molecular weight is 369 g/mol. The van der Waals surface area contributed by atoms with Crippen molar-refractivity contribution in [3.05, 3.63) is 53.2 Å². The van der Waals surface area contributed by atoms with Crippen LogP contribution < -0.4 is 0 Å². The Labute approximate surface area is 152 Å². The molecule has 0 saturated heterocycles. The lowest BCUT2D eigenvalue weighted by Crippen LogP contribution is -1.96. The molecule has 0 aliphatic carbocycles. The van der Waals surface area contributed by atoms with Gasteiger partial charge in [0.2, 0.25) is 5.89 Å². The molecular weight excluding hydrogens is 354 g/mol. The third kappa shape index (κ3) is 3.22. The molecule has 0 unspecified atom stereocenters. The van der Waals surface area contributed by atoms with Gasteiger partial charge in [0.05, 0.1) is 10.6 Å². The average Bonchev–Trinajstić information content (AvgIpc) is 3.35. The quantitative estimate of drug-likeness (QED) is 0.491. The molecule has 8 heteroatoms. The van der Waals surface area contributed by atoms with Crippen LogP contribution in [-0.2, 0) is 12.8 Å². The van der Waals surface area contributed by atoms with Gasteiger partial charge in [-0.3, -0.25) is 0 Å². The van der Waals surface area contributed by atoms with Crippen LogP contribution in [0, 0.1) is 6.92 Å². The minimum Gasteiger partial charge on any atom is -0.419 e. The van der Waals surface area contributed by atoms with Crippen LogP contribution in [0.5, 0.6) is 0 Å². The van der Waals surface area contributed by atoms with E-state index in [0.717, 1.165) is 21.4 Å². The fourth-order valence-corrected chi connectivity index (χ4v) is 3.83. The molecule has 0 radical (unpaired) electrons. The molecule has 0 amide bonds. The van der Waals surface area contributed by atoms with E-state index in [2.05, 4.69) is 39.5 Å². The fraction of sp³-hybridized carbons (Fsp3) is 0.176. The second-order valence-corrected chi connectivity index (χ2v) is 7.34. The van der Waals surface area contributed by atoms with Crippen molar-refractivity contribution in [2.24, 2.45) is 7.05 Å². The number of benzene rings is 1. The second-order valence-electron chi connectivity index (χ2n) is 5.45. The summed E-state index contributed by atoms with van der Waals surface area (Å²) in [7, 11) is 1.97. The molecule has 0 bridgehead atoms. The molecule has 3 aromatic heterocycles. The summed E-state index contributed by atoms with van der Waals surface area (Å²) in [6.45, 7) is 2.07. The third-order valence-electron chi connectivity index (χ3n) is 3.74. The van der Waals surface area contributed by atoms with Crippen molar-refractivity contribution in [1.29, 1.82) is 0 Å². The maximum Gasteiger partial charge on any atom is 0.257 e. The minimum atomic E-state index is 0.554. The topological polar surface area (TPSA) is 69.6 Å². The first-order valence-corrected chi connectivity index (χ1v) is 9.53. The summed E-state index contributed by atoms with van der Waals surface area (Å²) in [5.74, 6) is 2.54. The summed E-state index contributed by atoms with van der Waals surface area (Å²) in [6.07, 6.45) is 0. The standard InChI is InChI=1S/C17H15N5OS2/c1-11-6-3-4-7-12(11)15-19-21-17(22(15)2)25-10-14-18-20-16(23-14)13-8-5-9-24-13/h3-9H,10H2,1-2H3. The van der Waals surface area contributed by atoms with Crippen LogP contribution >= 0.6 is 23.1 Å². The Balaban J connectivity index is 1.50. The van der Waals surface area contributed by atoms with E-state index < -0.39 is 0 Å². The lowest BCUT2D eigenvalue weighted by Gasteiger charge is -2.05. The van der Waals surface area contributed by atoms with Crippen molar-refractivity contribution >= 4 is 23.1 Å². The Morgan fingerprint density at radius 1 is 1.08 bits per heavy atom. The molecule has 25 heavy (non-hydrogen) atoms. The van der Waals surface area contributed by atoms with Gasteiger partial charge in [-0.25, -0.2) is 0 Å². The van der Waals surface area contributed by atoms with Crippen molar-refractivity contribution in [3.8, 4) is 22.2 Å². The molecule has 6 nitrogen and oxygen atoms in total. The highest BCUT2D eigenvalue weighted by atomic mass is 32.2. The number of rotatable bonds is 5. The van der Waals surface area contributed by atoms with E-state index in [9.17, 15) is 0 Å². The molecule has 4 rings (SSSR count). The van der Waals surface area contributed by atoms with Gasteiger partial charge in [-0.15, -0.1) is 31.7 Å². The van der Waals surface area contributed by atoms with E-state index in [1.807, 2.05) is 41.3 Å². The highest BCUT2D eigenvalue weighted by Gasteiger charge is 2.15. The third-order valence-corrected chi connectivity index (χ3v) is 5.61. The van der Waals surface area contributed by atoms with Crippen LogP contribution in [0.2, 0.25) is 0 Å². The van der Waals surface area contributed by atoms with Crippen LogP contribution in [0.3, 0.4) is 0 Å². The number of aryl methyl sites for hydroxylation is 1. The van der Waals surface area contributed by atoms with Crippen molar-refractivity contribution < 1.29 is 4.42 Å². The minimum absolute atomic E-state index is 0.554. The fourth-order valence-electron chi connectivity index (χ4n) is 2.44. The number of thioether (sulfide) groups is 1. The van der Waals surface area contributed by atoms with Crippen molar-refractivity contribution in [2.75, 3.05) is 0 Å². The van der Waals surface area contributed by atoms with Gasteiger partial charge in [0.15, 0.2) is 11.0 Å². The molecule has 0 saturated carbocycles. The first-order valence-electron chi connectivity index (χ1n) is 7.67. The maximum absolute atomic E-state index is 5.71. The zero-order chi connectivity index (χ0) is 17.2. The SMILES string of the molecule is Cc1ccccc1-c1nnc(SCc2nnc(-c3cccs3)o2)n1C. The number of hydrogen-bond donors (Lipinski definition) is 0. The summed E-state index contributed by atoms with van der Waals surface area (Å²) >= 11 is 3.11. The van der Waals surface area contributed by atoms with Crippen LogP contribution in [0.25, 0.3) is 22.2 Å². The van der Waals surface area contributed by atoms with E-state index in [1.165, 1.54) is 17.3 Å². The van der Waals surface area contributed by atoms with Gasteiger partial charge in [-0.2, -0.15) is 0 Å². The summed E-state index contributed by atoms with van der Waals surface area (Å²) in [4.78, 5) is 0.976. The predicted molar refractivity (Wildman–Crippen MR) is 98.3 cm³/mol. The molecule has 0 aliphatic heterocycles. The summed E-state index contributed by atoms with van der Waals surface area (Å²) in [6, 6.07) is 12.1. The van der Waals surface area contributed by atoms with Gasteiger partial charge in [-0.1, -0.05) is 42.1 Å². The van der Waals surface area contributed by atoms with E-state index in [0.29, 0.717) is 17.5 Å². The summed E-state index contributed by atoms with van der Waals surface area (Å²) in [5.41, 5.74) is 2.26. The Bertz CT molecular complexity index is 990. The Morgan fingerprint density at radius 2 is 1.96 bits per heavy atom. The molecular formula is C17H15N5OS2. The molecule has 0 aliphatic rings. The summed E-state index contributed by atoms with van der Waals surface area (Å²) in [5, 5.41) is 19.6.